The third-order valence-electron chi connectivity index (χ3n) is 3.74. The number of hydrogen-bond acceptors (Lipinski definition) is 1. The van der Waals surface area contributed by atoms with E-state index >= 15 is 0 Å². The summed E-state index contributed by atoms with van der Waals surface area (Å²) in [6, 6.07) is 0. The molecule has 0 heterocycles. The molecule has 0 saturated carbocycles. The van der Waals surface area contributed by atoms with Gasteiger partial charge < -0.3 is 0 Å². The Bertz CT molecular complexity index is 693. The molecule has 32 heavy (non-hydrogen) atoms. The van der Waals surface area contributed by atoms with Crippen molar-refractivity contribution in [3.8, 4) is 0 Å². The number of unbranched alkanes of at least 4 members (excludes halogenated alkanes) is 1. The Kier molecular flexibility index (Phi) is 8.55. The van der Waals surface area contributed by atoms with Crippen LogP contribution in [0.15, 0.2) is 4.99 Å². The second-order valence-corrected chi connectivity index (χ2v) is 7.07. The van der Waals surface area contributed by atoms with Crippen molar-refractivity contribution in [2.75, 3.05) is 6.54 Å². The molecule has 0 aromatic carbocycles. The van der Waals surface area contributed by atoms with Crippen LogP contribution < -0.4 is 0 Å². The van der Waals surface area contributed by atoms with Gasteiger partial charge in [-0.3, -0.25) is 4.99 Å². The van der Waals surface area contributed by atoms with E-state index < -0.39 is 57.9 Å². The Labute approximate surface area is 180 Å². The first kappa shape index (κ1) is 31.2. The van der Waals surface area contributed by atoms with Crippen molar-refractivity contribution in [3.05, 3.63) is 0 Å². The quantitative estimate of drug-likeness (QED) is 0.102. The molecule has 0 aliphatic heterocycles. The lowest BCUT2D eigenvalue weighted by Crippen LogP contribution is -2.74. The number of alkyl halides is 17. The molecule has 0 amide bonds. The summed E-state index contributed by atoms with van der Waals surface area (Å²) in [6.07, 6.45) is -7.77. The average molecular weight is 629 g/mol. The molecule has 0 N–H and O–H groups in total. The summed E-state index contributed by atoms with van der Waals surface area (Å²) in [6.45, 7) is 0.595. The molecule has 0 aliphatic rings. The fourth-order valence-electron chi connectivity index (χ4n) is 1.73. The van der Waals surface area contributed by atoms with Gasteiger partial charge in [0.1, 0.15) is 3.72 Å². The topological polar surface area (TPSA) is 12.4 Å². The van der Waals surface area contributed by atoms with Crippen LogP contribution in [0.2, 0.25) is 0 Å². The third-order valence-corrected chi connectivity index (χ3v) is 4.76. The fourth-order valence-corrected chi connectivity index (χ4v) is 2.31. The summed E-state index contributed by atoms with van der Waals surface area (Å²) in [4.78, 5) is 2.62. The minimum Gasteiger partial charge on any atom is -0.277 e. The van der Waals surface area contributed by atoms with Crippen LogP contribution >= 0.6 is 22.6 Å². The van der Waals surface area contributed by atoms with Crippen molar-refractivity contribution >= 4 is 26.3 Å². The van der Waals surface area contributed by atoms with Gasteiger partial charge in [0.25, 0.3) is 0 Å². The number of halogens is 18. The first-order chi connectivity index (χ1) is 13.7. The van der Waals surface area contributed by atoms with Crippen molar-refractivity contribution in [1.82, 2.24) is 0 Å². The molecule has 0 spiro atoms. The van der Waals surface area contributed by atoms with Crippen LogP contribution in [0, 0.1) is 0 Å². The lowest BCUT2D eigenvalue weighted by Gasteiger charge is -2.42. The Balaban J connectivity index is 6.69. The Morgan fingerprint density at radius 3 is 1.19 bits per heavy atom. The van der Waals surface area contributed by atoms with E-state index in [0.717, 1.165) is 0 Å². The van der Waals surface area contributed by atoms with Crippen LogP contribution in [0.1, 0.15) is 19.8 Å². The Morgan fingerprint density at radius 2 is 0.875 bits per heavy atom. The van der Waals surface area contributed by atoms with Gasteiger partial charge in [-0.2, -0.15) is 74.6 Å². The predicted molar refractivity (Wildman–Crippen MR) is 81.9 cm³/mol. The lowest BCUT2D eigenvalue weighted by molar-refractivity contribution is -0.458. The van der Waals surface area contributed by atoms with E-state index in [1.165, 1.54) is 6.92 Å². The summed E-state index contributed by atoms with van der Waals surface area (Å²) in [5.41, 5.74) is 0. The monoisotopic (exact) mass is 629 g/mol. The molecule has 19 heteroatoms. The van der Waals surface area contributed by atoms with Gasteiger partial charge in [-0.05, 0) is 29.0 Å². The highest BCUT2D eigenvalue weighted by atomic mass is 127. The number of aliphatic imine (C=N–C) groups is 1. The van der Waals surface area contributed by atoms with Crippen LogP contribution in [-0.2, 0) is 0 Å². The van der Waals surface area contributed by atoms with Gasteiger partial charge >= 0.3 is 47.6 Å². The van der Waals surface area contributed by atoms with Crippen LogP contribution in [0.5, 0.6) is 0 Å². The minimum absolute atomic E-state index is 0.115. The third kappa shape index (κ3) is 4.34. The minimum atomic E-state index is -8.62. The zero-order valence-corrected chi connectivity index (χ0v) is 17.0. The van der Waals surface area contributed by atoms with E-state index in [1.54, 1.807) is 0 Å². The highest BCUT2D eigenvalue weighted by Crippen LogP contribution is 2.64. The summed E-state index contributed by atoms with van der Waals surface area (Å²) in [5, 5.41) is 0. The van der Waals surface area contributed by atoms with Crippen molar-refractivity contribution in [2.45, 2.75) is 67.4 Å². The average Bonchev–Trinajstić information content (AvgIpc) is 2.59. The maximum atomic E-state index is 13.7. The molecule has 0 bridgehead atoms. The SMILES string of the molecule is CCCCN=C(I)C(F)(F)C(F)(F)C(F)(F)C(F)(F)C(F)(F)C(F)(F)C(F)(F)C(F)(F)F. The van der Waals surface area contributed by atoms with Gasteiger partial charge in [-0.25, -0.2) is 0 Å². The first-order valence-corrected chi connectivity index (χ1v) is 8.73. The molecular weight excluding hydrogens is 620 g/mol. The molecule has 0 aliphatic carbocycles. The summed E-state index contributed by atoms with van der Waals surface area (Å²) in [5.74, 6) is -56.4. The maximum absolute atomic E-state index is 13.7. The smallest absolute Gasteiger partial charge is 0.277 e. The molecule has 0 aromatic rings. The second kappa shape index (κ2) is 8.77. The molecule has 0 radical (unpaired) electrons. The van der Waals surface area contributed by atoms with E-state index in [2.05, 4.69) is 4.99 Å². The van der Waals surface area contributed by atoms with Gasteiger partial charge in [0.15, 0.2) is 0 Å². The Hall–Kier alpha value is -0.790. The molecule has 0 fully saturated rings. The number of hydrogen-bond donors (Lipinski definition) is 0. The number of nitrogens with zero attached hydrogens (tertiary/aromatic N) is 1. The zero-order chi connectivity index (χ0) is 26.4. The summed E-state index contributed by atoms with van der Waals surface area (Å²) < 4.78 is 220. The van der Waals surface area contributed by atoms with E-state index in [0.29, 0.717) is 0 Å². The van der Waals surface area contributed by atoms with Crippen molar-refractivity contribution in [1.29, 1.82) is 0 Å². The van der Waals surface area contributed by atoms with E-state index in [-0.39, 0.29) is 35.4 Å². The molecule has 0 atom stereocenters. The van der Waals surface area contributed by atoms with E-state index in [4.69, 9.17) is 0 Å². The molecule has 1 nitrogen and oxygen atoms in total. The van der Waals surface area contributed by atoms with E-state index in [1.807, 2.05) is 0 Å². The second-order valence-electron chi connectivity index (χ2n) is 6.04. The molecule has 0 aromatic heterocycles. The molecule has 0 rings (SSSR count). The van der Waals surface area contributed by atoms with Crippen LogP contribution in [0.4, 0.5) is 74.6 Å². The maximum Gasteiger partial charge on any atom is 0.460 e. The zero-order valence-electron chi connectivity index (χ0n) is 14.9. The Morgan fingerprint density at radius 1 is 0.562 bits per heavy atom. The van der Waals surface area contributed by atoms with Gasteiger partial charge in [-0.15, -0.1) is 0 Å². The highest BCUT2D eigenvalue weighted by molar-refractivity contribution is 14.1. The standard InChI is InChI=1S/C13H9F17IN/c1-2-3-4-32-5(31)6(14,15)7(16,17)8(18,19)9(20,21)10(22,23)11(24,25)12(26,27)13(28,29)30/h2-4H2,1H3. The van der Waals surface area contributed by atoms with Gasteiger partial charge in [-0.1, -0.05) is 13.3 Å². The number of rotatable bonds is 10. The van der Waals surface area contributed by atoms with Crippen LogP contribution in [-0.4, -0.2) is 57.9 Å². The van der Waals surface area contributed by atoms with Gasteiger partial charge in [0, 0.05) is 6.54 Å². The molecule has 0 unspecified atom stereocenters. The van der Waals surface area contributed by atoms with Crippen molar-refractivity contribution in [2.24, 2.45) is 4.99 Å². The highest BCUT2D eigenvalue weighted by Gasteiger charge is 2.95. The van der Waals surface area contributed by atoms with Gasteiger partial charge in [0.2, 0.25) is 0 Å². The van der Waals surface area contributed by atoms with Crippen LogP contribution in [0.25, 0.3) is 0 Å². The normalized spacial score (nSPS) is 16.5. The molecular formula is C13H9F17IN. The van der Waals surface area contributed by atoms with Crippen LogP contribution in [0.3, 0.4) is 0 Å². The largest absolute Gasteiger partial charge is 0.460 e. The first-order valence-electron chi connectivity index (χ1n) is 7.65. The van der Waals surface area contributed by atoms with Gasteiger partial charge in [0.05, 0.1) is 0 Å². The molecule has 0 saturated heterocycles. The summed E-state index contributed by atoms with van der Waals surface area (Å²) >= 11 is 0.115. The molecule has 192 valence electrons. The predicted octanol–water partition coefficient (Wildman–Crippen LogP) is 7.63. The van der Waals surface area contributed by atoms with E-state index in [9.17, 15) is 74.6 Å². The fraction of sp³-hybridized carbons (Fsp3) is 0.923. The van der Waals surface area contributed by atoms with Crippen molar-refractivity contribution in [3.63, 3.8) is 0 Å². The lowest BCUT2D eigenvalue weighted by atomic mass is 9.89. The summed E-state index contributed by atoms with van der Waals surface area (Å²) in [7, 11) is 0. The van der Waals surface area contributed by atoms with Crippen molar-refractivity contribution < 1.29 is 74.6 Å².